The van der Waals surface area contributed by atoms with Crippen molar-refractivity contribution >= 4 is 39.3 Å². The second-order valence-electron chi connectivity index (χ2n) is 7.88. The van der Waals surface area contributed by atoms with Crippen LogP contribution < -0.4 is 10.2 Å². The molecule has 0 radical (unpaired) electrons. The lowest BCUT2D eigenvalue weighted by molar-refractivity contribution is 1.10. The van der Waals surface area contributed by atoms with Crippen molar-refractivity contribution in [1.82, 2.24) is 30.1 Å². The van der Waals surface area contributed by atoms with Gasteiger partial charge in [-0.3, -0.25) is 15.1 Å². The van der Waals surface area contributed by atoms with Crippen molar-refractivity contribution in [3.05, 3.63) is 77.2 Å². The molecular formula is C24H20N8S. The van der Waals surface area contributed by atoms with Crippen LogP contribution in [0.1, 0.15) is 10.6 Å². The van der Waals surface area contributed by atoms with Crippen molar-refractivity contribution in [3.63, 3.8) is 0 Å². The van der Waals surface area contributed by atoms with Crippen LogP contribution in [0.5, 0.6) is 0 Å². The molecule has 0 spiro atoms. The third-order valence-electron chi connectivity index (χ3n) is 5.55. The third-order valence-corrected chi connectivity index (χ3v) is 6.45. The van der Waals surface area contributed by atoms with Crippen molar-refractivity contribution in [2.24, 2.45) is 0 Å². The van der Waals surface area contributed by atoms with E-state index in [0.29, 0.717) is 5.82 Å². The molecule has 1 aliphatic heterocycles. The highest BCUT2D eigenvalue weighted by molar-refractivity contribution is 7.11. The molecule has 33 heavy (non-hydrogen) atoms. The molecule has 0 amide bonds. The number of hydrogen-bond acceptors (Lipinski definition) is 7. The summed E-state index contributed by atoms with van der Waals surface area (Å²) in [4.78, 5) is 20.5. The zero-order valence-electron chi connectivity index (χ0n) is 18.0. The molecule has 5 aromatic rings. The van der Waals surface area contributed by atoms with Gasteiger partial charge in [0.2, 0.25) is 0 Å². The van der Waals surface area contributed by atoms with E-state index >= 15 is 0 Å². The molecule has 6 heterocycles. The number of anilines is 2. The van der Waals surface area contributed by atoms with Gasteiger partial charge in [0.15, 0.2) is 11.6 Å². The predicted molar refractivity (Wildman–Crippen MR) is 133 cm³/mol. The molecule has 8 nitrogen and oxygen atoms in total. The van der Waals surface area contributed by atoms with E-state index in [-0.39, 0.29) is 0 Å². The van der Waals surface area contributed by atoms with Crippen molar-refractivity contribution in [2.45, 2.75) is 0 Å². The lowest BCUT2D eigenvalue weighted by Gasteiger charge is -2.12. The standard InChI is InChI=1S/C24H20N8S/c1-32(2)15-9-14(11-25-12-15)18-10-17-19(13-27-18)30-31-22(17)24-28-21-16(20-6-4-8-33-20)5-3-7-26-23(21)29-24/h3-13,26H,1-2H3,(H,28,29)(H,30,31). The van der Waals surface area contributed by atoms with Gasteiger partial charge in [0.25, 0.3) is 0 Å². The number of hydrogen-bond donors (Lipinski definition) is 3. The minimum Gasteiger partial charge on any atom is -0.376 e. The van der Waals surface area contributed by atoms with Gasteiger partial charge in [-0.15, -0.1) is 11.3 Å². The van der Waals surface area contributed by atoms with E-state index in [9.17, 15) is 0 Å². The molecule has 3 N–H and O–H groups in total. The Kier molecular flexibility index (Phi) is 4.55. The average Bonchev–Trinajstić information content (AvgIpc) is 3.57. The maximum atomic E-state index is 4.83. The number of aromatic amines is 2. The summed E-state index contributed by atoms with van der Waals surface area (Å²) in [5.74, 6) is 1.46. The monoisotopic (exact) mass is 452 g/mol. The van der Waals surface area contributed by atoms with E-state index in [1.165, 1.54) is 4.88 Å². The summed E-state index contributed by atoms with van der Waals surface area (Å²) >= 11 is 1.70. The molecule has 162 valence electrons. The Morgan fingerprint density at radius 3 is 2.88 bits per heavy atom. The SMILES string of the molecule is CN(C)c1cncc(-c2cc3c(-c4nc5c([nH]4)C(c4cccs4)=CC=CN5)n[nH]c3cn2)c1. The van der Waals surface area contributed by atoms with Gasteiger partial charge in [-0.1, -0.05) is 6.07 Å². The first kappa shape index (κ1) is 19.4. The molecule has 0 unspecified atom stereocenters. The second kappa shape index (κ2) is 7.72. The number of rotatable bonds is 4. The minimum atomic E-state index is 0.689. The summed E-state index contributed by atoms with van der Waals surface area (Å²) in [6.45, 7) is 0. The fraction of sp³-hybridized carbons (Fsp3) is 0.0833. The van der Waals surface area contributed by atoms with E-state index in [1.54, 1.807) is 17.5 Å². The van der Waals surface area contributed by atoms with Gasteiger partial charge < -0.3 is 15.2 Å². The number of nitrogens with zero attached hydrogens (tertiary/aromatic N) is 5. The summed E-state index contributed by atoms with van der Waals surface area (Å²) < 4.78 is 0. The number of imidazole rings is 1. The van der Waals surface area contributed by atoms with Crippen LogP contribution in [0.3, 0.4) is 0 Å². The molecule has 0 fully saturated rings. The van der Waals surface area contributed by atoms with Crippen molar-refractivity contribution < 1.29 is 0 Å². The molecule has 0 saturated carbocycles. The summed E-state index contributed by atoms with van der Waals surface area (Å²) in [6, 6.07) is 8.26. The predicted octanol–water partition coefficient (Wildman–Crippen LogP) is 4.91. The number of thiophene rings is 1. The van der Waals surface area contributed by atoms with Crippen LogP contribution in [0.15, 0.2) is 66.6 Å². The van der Waals surface area contributed by atoms with Crippen molar-refractivity contribution in [1.29, 1.82) is 0 Å². The molecule has 0 aromatic carbocycles. The largest absolute Gasteiger partial charge is 0.376 e. The maximum absolute atomic E-state index is 4.83. The van der Waals surface area contributed by atoms with Crippen LogP contribution in [0.4, 0.5) is 11.5 Å². The summed E-state index contributed by atoms with van der Waals surface area (Å²) in [7, 11) is 3.99. The Bertz CT molecular complexity index is 1520. The Morgan fingerprint density at radius 1 is 1.09 bits per heavy atom. The van der Waals surface area contributed by atoms with Crippen LogP contribution >= 0.6 is 11.3 Å². The number of nitrogens with one attached hydrogen (secondary N) is 3. The van der Waals surface area contributed by atoms with Crippen LogP contribution in [0.2, 0.25) is 0 Å². The molecule has 5 aromatic heterocycles. The molecule has 1 aliphatic rings. The quantitative estimate of drug-likeness (QED) is 0.358. The first-order valence-corrected chi connectivity index (χ1v) is 11.3. The van der Waals surface area contributed by atoms with Crippen molar-refractivity contribution in [2.75, 3.05) is 24.3 Å². The highest BCUT2D eigenvalue weighted by Gasteiger charge is 2.21. The highest BCUT2D eigenvalue weighted by Crippen LogP contribution is 2.35. The second-order valence-corrected chi connectivity index (χ2v) is 8.83. The lowest BCUT2D eigenvalue weighted by Crippen LogP contribution is -2.08. The Hall–Kier alpha value is -4.24. The number of H-pyrrole nitrogens is 2. The van der Waals surface area contributed by atoms with E-state index in [2.05, 4.69) is 60.1 Å². The average molecular weight is 453 g/mol. The summed E-state index contributed by atoms with van der Waals surface area (Å²) in [5, 5.41) is 13.9. The van der Waals surface area contributed by atoms with Crippen molar-refractivity contribution in [3.8, 4) is 22.8 Å². The molecule has 0 aliphatic carbocycles. The molecule has 6 rings (SSSR count). The van der Waals surface area contributed by atoms with Crippen LogP contribution in [-0.4, -0.2) is 44.2 Å². The van der Waals surface area contributed by atoms with E-state index in [4.69, 9.17) is 4.98 Å². The molecular weight excluding hydrogens is 432 g/mol. The van der Waals surface area contributed by atoms with E-state index in [1.807, 2.05) is 49.7 Å². The Balaban J connectivity index is 1.45. The normalized spacial score (nSPS) is 12.8. The zero-order valence-corrected chi connectivity index (χ0v) is 18.8. The summed E-state index contributed by atoms with van der Waals surface area (Å²) in [6.07, 6.45) is 11.4. The van der Waals surface area contributed by atoms with E-state index in [0.717, 1.165) is 50.6 Å². The molecule has 9 heteroatoms. The number of fused-ring (bicyclic) bond motifs is 2. The van der Waals surface area contributed by atoms with Gasteiger partial charge in [-0.05, 0) is 35.7 Å². The first-order chi connectivity index (χ1) is 16.2. The number of pyridine rings is 2. The van der Waals surface area contributed by atoms with Gasteiger partial charge in [0.1, 0.15) is 5.69 Å². The molecule has 0 atom stereocenters. The number of allylic oxidation sites excluding steroid dienone is 2. The van der Waals surface area contributed by atoms with Gasteiger partial charge in [0, 0.05) is 47.9 Å². The lowest BCUT2D eigenvalue weighted by atomic mass is 10.1. The van der Waals surface area contributed by atoms with Gasteiger partial charge in [-0.2, -0.15) is 5.10 Å². The van der Waals surface area contributed by atoms with Crippen LogP contribution in [-0.2, 0) is 0 Å². The Labute approximate surface area is 193 Å². The number of aromatic nitrogens is 6. The molecule has 0 saturated heterocycles. The smallest absolute Gasteiger partial charge is 0.161 e. The fourth-order valence-electron chi connectivity index (χ4n) is 3.84. The first-order valence-electron chi connectivity index (χ1n) is 10.4. The molecule has 0 bridgehead atoms. The Morgan fingerprint density at radius 2 is 2.03 bits per heavy atom. The van der Waals surface area contributed by atoms with Gasteiger partial charge in [0.05, 0.1) is 35.0 Å². The van der Waals surface area contributed by atoms with Gasteiger partial charge in [-0.25, -0.2) is 4.98 Å². The van der Waals surface area contributed by atoms with Crippen LogP contribution in [0, 0.1) is 0 Å². The van der Waals surface area contributed by atoms with Crippen LogP contribution in [0.25, 0.3) is 39.3 Å². The topological polar surface area (TPSA) is 98.4 Å². The van der Waals surface area contributed by atoms with E-state index < -0.39 is 0 Å². The summed E-state index contributed by atoms with van der Waals surface area (Å²) in [5.41, 5.74) is 6.41. The third kappa shape index (κ3) is 3.39. The fourth-order valence-corrected chi connectivity index (χ4v) is 4.60. The van der Waals surface area contributed by atoms with Gasteiger partial charge >= 0.3 is 0 Å². The zero-order chi connectivity index (χ0) is 22.4. The minimum absolute atomic E-state index is 0.689. The maximum Gasteiger partial charge on any atom is 0.161 e. The highest BCUT2D eigenvalue weighted by atomic mass is 32.1.